The Morgan fingerprint density at radius 3 is 3.00 bits per heavy atom. The minimum absolute atomic E-state index is 0.152. The highest BCUT2D eigenvalue weighted by molar-refractivity contribution is 7.99. The lowest BCUT2D eigenvalue weighted by molar-refractivity contribution is 0.413. The summed E-state index contributed by atoms with van der Waals surface area (Å²) in [7, 11) is 1.70. The van der Waals surface area contributed by atoms with Gasteiger partial charge < -0.3 is 10.5 Å². The van der Waals surface area contributed by atoms with Crippen LogP contribution < -0.4 is 10.5 Å². The Morgan fingerprint density at radius 1 is 1.53 bits per heavy atom. The van der Waals surface area contributed by atoms with E-state index in [-0.39, 0.29) is 6.04 Å². The summed E-state index contributed by atoms with van der Waals surface area (Å²) in [6.45, 7) is 2.20. The van der Waals surface area contributed by atoms with E-state index in [9.17, 15) is 0 Å². The number of hydrogen-bond donors (Lipinski definition) is 1. The van der Waals surface area contributed by atoms with Gasteiger partial charge in [0.15, 0.2) is 0 Å². The van der Waals surface area contributed by atoms with E-state index < -0.39 is 0 Å². The molecule has 1 aromatic rings. The third-order valence-electron chi connectivity index (χ3n) is 2.97. The van der Waals surface area contributed by atoms with E-state index >= 15 is 0 Å². The molecule has 0 spiro atoms. The number of rotatable bonds is 2. The first-order valence-corrected chi connectivity index (χ1v) is 6.35. The van der Waals surface area contributed by atoms with Crippen LogP contribution in [0.5, 0.6) is 5.75 Å². The highest BCUT2D eigenvalue weighted by Crippen LogP contribution is 2.39. The van der Waals surface area contributed by atoms with Gasteiger partial charge in [-0.15, -0.1) is 0 Å². The van der Waals surface area contributed by atoms with Crippen LogP contribution in [0.3, 0.4) is 0 Å². The molecule has 0 saturated heterocycles. The van der Waals surface area contributed by atoms with Gasteiger partial charge >= 0.3 is 0 Å². The number of methoxy groups -OCH3 is 1. The molecule has 1 heterocycles. The van der Waals surface area contributed by atoms with Crippen LogP contribution >= 0.6 is 11.8 Å². The molecule has 15 heavy (non-hydrogen) atoms. The fourth-order valence-electron chi connectivity index (χ4n) is 2.01. The predicted molar refractivity (Wildman–Crippen MR) is 65.3 cm³/mol. The van der Waals surface area contributed by atoms with Crippen LogP contribution in [-0.4, -0.2) is 12.4 Å². The summed E-state index contributed by atoms with van der Waals surface area (Å²) in [6.07, 6.45) is 1.13. The normalized spacial score (nSPS) is 24.7. The molecular formula is C12H17NOS. The van der Waals surface area contributed by atoms with E-state index in [1.165, 1.54) is 11.1 Å². The molecule has 1 aromatic carbocycles. The summed E-state index contributed by atoms with van der Waals surface area (Å²) in [4.78, 5) is 0. The van der Waals surface area contributed by atoms with Gasteiger partial charge in [0.2, 0.25) is 0 Å². The summed E-state index contributed by atoms with van der Waals surface area (Å²) >= 11 is 1.96. The van der Waals surface area contributed by atoms with Crippen LogP contribution in [0.1, 0.15) is 30.5 Å². The molecule has 0 amide bonds. The maximum atomic E-state index is 6.25. The minimum atomic E-state index is 0.152. The summed E-state index contributed by atoms with van der Waals surface area (Å²) < 4.78 is 5.24. The summed E-state index contributed by atoms with van der Waals surface area (Å²) in [5.74, 6) is 1.98. The lowest BCUT2D eigenvalue weighted by atomic mass is 9.97. The van der Waals surface area contributed by atoms with Crippen LogP contribution in [0.15, 0.2) is 18.2 Å². The molecule has 2 N–H and O–H groups in total. The fraction of sp³-hybridized carbons (Fsp3) is 0.500. The first-order chi connectivity index (χ1) is 7.26. The second kappa shape index (κ2) is 4.45. The molecule has 0 fully saturated rings. The molecule has 2 unspecified atom stereocenters. The molecule has 0 radical (unpaired) electrons. The molecule has 2 rings (SSSR count). The Bertz CT molecular complexity index is 353. The van der Waals surface area contributed by atoms with Crippen molar-refractivity contribution in [3.8, 4) is 5.75 Å². The highest BCUT2D eigenvalue weighted by atomic mass is 32.2. The van der Waals surface area contributed by atoms with Gasteiger partial charge in [0.1, 0.15) is 5.75 Å². The lowest BCUT2D eigenvalue weighted by Crippen LogP contribution is -2.27. The summed E-state index contributed by atoms with van der Waals surface area (Å²) in [6, 6.07) is 6.38. The molecule has 0 aliphatic carbocycles. The fourth-order valence-corrected chi connectivity index (χ4v) is 3.26. The highest BCUT2D eigenvalue weighted by Gasteiger charge is 2.26. The van der Waals surface area contributed by atoms with Gasteiger partial charge in [-0.25, -0.2) is 0 Å². The summed E-state index contributed by atoms with van der Waals surface area (Å²) in [5, 5.41) is 0.546. The average Bonchev–Trinajstić information content (AvgIpc) is 2.29. The Balaban J connectivity index is 2.35. The van der Waals surface area contributed by atoms with Gasteiger partial charge in [0.05, 0.1) is 7.11 Å². The van der Waals surface area contributed by atoms with Gasteiger partial charge in [-0.3, -0.25) is 0 Å². The smallest absolute Gasteiger partial charge is 0.119 e. The number of nitrogens with two attached hydrogens (primary N) is 1. The molecule has 0 saturated carbocycles. The molecule has 82 valence electrons. The van der Waals surface area contributed by atoms with Gasteiger partial charge in [-0.2, -0.15) is 11.8 Å². The Hall–Kier alpha value is -0.670. The zero-order chi connectivity index (χ0) is 10.8. The van der Waals surface area contributed by atoms with Crippen molar-refractivity contribution in [3.63, 3.8) is 0 Å². The average molecular weight is 223 g/mol. The lowest BCUT2D eigenvalue weighted by Gasteiger charge is -2.30. The van der Waals surface area contributed by atoms with Gasteiger partial charge in [0.25, 0.3) is 0 Å². The second-order valence-corrected chi connectivity index (χ2v) is 5.08. The second-order valence-electron chi connectivity index (χ2n) is 3.85. The van der Waals surface area contributed by atoms with E-state index in [4.69, 9.17) is 10.5 Å². The van der Waals surface area contributed by atoms with Crippen LogP contribution in [0, 0.1) is 0 Å². The third kappa shape index (κ3) is 1.99. The van der Waals surface area contributed by atoms with Crippen LogP contribution in [-0.2, 0) is 5.75 Å². The topological polar surface area (TPSA) is 35.2 Å². The maximum Gasteiger partial charge on any atom is 0.119 e. The van der Waals surface area contributed by atoms with Crippen molar-refractivity contribution in [1.82, 2.24) is 0 Å². The molecule has 2 atom stereocenters. The SMILES string of the molecule is CCC1SCc2ccc(OC)cc2C1N. The monoisotopic (exact) mass is 223 g/mol. The van der Waals surface area contributed by atoms with Crippen molar-refractivity contribution in [2.24, 2.45) is 5.73 Å². The van der Waals surface area contributed by atoms with Crippen molar-refractivity contribution >= 4 is 11.8 Å². The molecule has 0 bridgehead atoms. The van der Waals surface area contributed by atoms with Crippen molar-refractivity contribution < 1.29 is 4.74 Å². The third-order valence-corrected chi connectivity index (χ3v) is 4.50. The zero-order valence-electron chi connectivity index (χ0n) is 9.19. The first-order valence-electron chi connectivity index (χ1n) is 5.30. The van der Waals surface area contributed by atoms with Crippen LogP contribution in [0.2, 0.25) is 0 Å². The molecule has 3 heteroatoms. The van der Waals surface area contributed by atoms with E-state index in [0.29, 0.717) is 5.25 Å². The molecule has 0 aromatic heterocycles. The largest absolute Gasteiger partial charge is 0.497 e. The van der Waals surface area contributed by atoms with Gasteiger partial charge in [-0.05, 0) is 29.7 Å². The van der Waals surface area contributed by atoms with Gasteiger partial charge in [0, 0.05) is 17.0 Å². The van der Waals surface area contributed by atoms with E-state index in [1.807, 2.05) is 17.8 Å². The number of ether oxygens (including phenoxy) is 1. The van der Waals surface area contributed by atoms with E-state index in [0.717, 1.165) is 17.9 Å². The Labute approximate surface area is 95.2 Å². The number of hydrogen-bond acceptors (Lipinski definition) is 3. The van der Waals surface area contributed by atoms with Crippen LogP contribution in [0.25, 0.3) is 0 Å². The van der Waals surface area contributed by atoms with E-state index in [1.54, 1.807) is 7.11 Å². The van der Waals surface area contributed by atoms with Crippen molar-refractivity contribution in [1.29, 1.82) is 0 Å². The number of fused-ring (bicyclic) bond motifs is 1. The van der Waals surface area contributed by atoms with Gasteiger partial charge in [-0.1, -0.05) is 13.0 Å². The van der Waals surface area contributed by atoms with Crippen molar-refractivity contribution in [2.45, 2.75) is 30.4 Å². The first kappa shape index (κ1) is 10.8. The standard InChI is InChI=1S/C12H17NOS/c1-3-11-12(13)10-6-9(14-2)5-4-8(10)7-15-11/h4-6,11-12H,3,7,13H2,1-2H3. The van der Waals surface area contributed by atoms with Crippen molar-refractivity contribution in [2.75, 3.05) is 7.11 Å². The minimum Gasteiger partial charge on any atom is -0.497 e. The molecule has 1 aliphatic heterocycles. The molecule has 2 nitrogen and oxygen atoms in total. The Morgan fingerprint density at radius 2 is 2.33 bits per heavy atom. The predicted octanol–water partition coefficient (Wildman–Crippen LogP) is 2.72. The molecular weight excluding hydrogens is 206 g/mol. The zero-order valence-corrected chi connectivity index (χ0v) is 10.0. The number of thioether (sulfide) groups is 1. The number of benzene rings is 1. The maximum absolute atomic E-state index is 6.25. The summed E-state index contributed by atoms with van der Waals surface area (Å²) in [5.41, 5.74) is 8.87. The van der Waals surface area contributed by atoms with Crippen LogP contribution in [0.4, 0.5) is 0 Å². The molecule has 1 aliphatic rings. The van der Waals surface area contributed by atoms with Crippen molar-refractivity contribution in [3.05, 3.63) is 29.3 Å². The quantitative estimate of drug-likeness (QED) is 0.837. The van der Waals surface area contributed by atoms with E-state index in [2.05, 4.69) is 19.1 Å². The Kier molecular flexibility index (Phi) is 3.22.